The highest BCUT2D eigenvalue weighted by Crippen LogP contribution is 2.52. The maximum absolute atomic E-state index is 12.0. The number of fused-ring (bicyclic) bond motifs is 2. The Hall–Kier alpha value is -7.40. The molecule has 0 aliphatic heterocycles. The summed E-state index contributed by atoms with van der Waals surface area (Å²) >= 11 is 0. The molecule has 0 heterocycles. The molecule has 4 N–H and O–H groups in total. The molecule has 0 spiro atoms. The SMILES string of the molecule is C=C(C)C(=O)OCC(O)COCCOc1ccc2c(C(C)(c3ccc(C4CCCCC4)cc3)c3c(OCCOCC(O)COC(=O)C(=C)C)ccc4cc(OCCOCC(O)COC(=O)C(C)C)ccc34)c(OCCOCC(O)COC(=O)C(=C)C)ccc2c1. The van der Waals surface area contributed by atoms with Crippen LogP contribution < -0.4 is 18.9 Å². The second kappa shape index (κ2) is 36.4. The zero-order valence-corrected chi connectivity index (χ0v) is 52.8. The molecule has 0 bridgehead atoms. The molecule has 490 valence electrons. The predicted octanol–water partition coefficient (Wildman–Crippen LogP) is 8.98. The highest BCUT2D eigenvalue weighted by Gasteiger charge is 2.40. The van der Waals surface area contributed by atoms with Crippen molar-refractivity contribution in [3.8, 4) is 23.0 Å². The fourth-order valence-electron chi connectivity index (χ4n) is 10.1. The first kappa shape index (κ1) is 71.7. The molecule has 5 atom stereocenters. The van der Waals surface area contributed by atoms with E-state index in [0.717, 1.165) is 63.9 Å². The molecule has 90 heavy (non-hydrogen) atoms. The van der Waals surface area contributed by atoms with Gasteiger partial charge in [0.1, 0.15) is 100 Å². The number of carbonyl (C=O) groups excluding carboxylic acids is 4. The number of ether oxygens (including phenoxy) is 12. The molecule has 0 radical (unpaired) electrons. The van der Waals surface area contributed by atoms with E-state index >= 15 is 0 Å². The Balaban J connectivity index is 1.41. The number of carbonyl (C=O) groups is 4. The topological polar surface area (TPSA) is 260 Å². The number of benzene rings is 5. The average Bonchev–Trinajstić information content (AvgIpc) is 0.721. The average molecular weight is 1250 g/mol. The van der Waals surface area contributed by atoms with Crippen LogP contribution in [0.2, 0.25) is 0 Å². The lowest BCUT2D eigenvalue weighted by atomic mass is 9.67. The fourth-order valence-corrected chi connectivity index (χ4v) is 10.1. The van der Waals surface area contributed by atoms with Crippen molar-refractivity contribution in [2.24, 2.45) is 5.92 Å². The largest absolute Gasteiger partial charge is 0.491 e. The summed E-state index contributed by atoms with van der Waals surface area (Å²) in [4.78, 5) is 47.8. The zero-order chi connectivity index (χ0) is 65.2. The van der Waals surface area contributed by atoms with Gasteiger partial charge < -0.3 is 77.3 Å². The molecule has 6 rings (SSSR count). The molecule has 5 aromatic carbocycles. The lowest BCUT2D eigenvalue weighted by Crippen LogP contribution is -2.29. The van der Waals surface area contributed by atoms with Crippen LogP contribution in [0.25, 0.3) is 21.5 Å². The third kappa shape index (κ3) is 21.9. The van der Waals surface area contributed by atoms with Gasteiger partial charge >= 0.3 is 23.9 Å². The second-order valence-corrected chi connectivity index (χ2v) is 23.0. The van der Waals surface area contributed by atoms with E-state index in [1.54, 1.807) is 13.8 Å². The van der Waals surface area contributed by atoms with Crippen LogP contribution in [0.3, 0.4) is 0 Å². The Kier molecular flexibility index (Phi) is 29.0. The highest BCUT2D eigenvalue weighted by molar-refractivity contribution is 5.96. The maximum Gasteiger partial charge on any atom is 0.333 e. The minimum Gasteiger partial charge on any atom is -0.491 e. The van der Waals surface area contributed by atoms with Crippen molar-refractivity contribution in [3.05, 3.63) is 144 Å². The highest BCUT2D eigenvalue weighted by atomic mass is 16.6. The van der Waals surface area contributed by atoms with E-state index in [1.165, 1.54) is 32.8 Å². The Morgan fingerprint density at radius 2 is 0.833 bits per heavy atom. The van der Waals surface area contributed by atoms with Crippen LogP contribution in [0.5, 0.6) is 23.0 Å². The van der Waals surface area contributed by atoms with Crippen molar-refractivity contribution >= 4 is 45.4 Å². The number of hydrogen-bond donors (Lipinski definition) is 4. The molecule has 1 aliphatic rings. The van der Waals surface area contributed by atoms with E-state index in [9.17, 15) is 39.6 Å². The quantitative estimate of drug-likeness (QED) is 0.00937. The van der Waals surface area contributed by atoms with Crippen LogP contribution >= 0.6 is 0 Å². The van der Waals surface area contributed by atoms with Crippen LogP contribution in [0, 0.1) is 5.92 Å². The number of esters is 4. The van der Waals surface area contributed by atoms with E-state index in [4.69, 9.17) is 56.8 Å². The molecule has 20 heteroatoms. The third-order valence-electron chi connectivity index (χ3n) is 14.8. The number of aliphatic hydroxyl groups excluding tert-OH is 4. The summed E-state index contributed by atoms with van der Waals surface area (Å²) in [6, 6.07) is 28.0. The first-order valence-corrected chi connectivity index (χ1v) is 30.6. The van der Waals surface area contributed by atoms with Crippen molar-refractivity contribution in [3.63, 3.8) is 0 Å². The zero-order valence-electron chi connectivity index (χ0n) is 52.8. The minimum absolute atomic E-state index is 0.0448. The van der Waals surface area contributed by atoms with Gasteiger partial charge in [-0.1, -0.05) is 101 Å². The molecule has 1 fully saturated rings. The first-order valence-electron chi connectivity index (χ1n) is 30.6. The molecule has 0 aromatic heterocycles. The molecule has 20 nitrogen and oxygen atoms in total. The first-order chi connectivity index (χ1) is 43.2. The lowest BCUT2D eigenvalue weighted by Gasteiger charge is -2.37. The van der Waals surface area contributed by atoms with Gasteiger partial charge in [0.25, 0.3) is 0 Å². The monoisotopic (exact) mass is 1250 g/mol. The van der Waals surface area contributed by atoms with Gasteiger partial charge in [0, 0.05) is 27.8 Å². The predicted molar refractivity (Wildman–Crippen MR) is 338 cm³/mol. The Bertz CT molecular complexity index is 3170. The number of hydrogen-bond acceptors (Lipinski definition) is 20. The summed E-state index contributed by atoms with van der Waals surface area (Å²) in [7, 11) is 0. The summed E-state index contributed by atoms with van der Waals surface area (Å²) in [6.45, 7) is 20.2. The molecular weight excluding hydrogens is 1160 g/mol. The van der Waals surface area contributed by atoms with Crippen molar-refractivity contribution in [2.75, 3.05) is 106 Å². The second-order valence-electron chi connectivity index (χ2n) is 23.0. The van der Waals surface area contributed by atoms with E-state index in [1.807, 2.05) is 60.7 Å². The van der Waals surface area contributed by atoms with E-state index < -0.39 is 53.7 Å². The van der Waals surface area contributed by atoms with Gasteiger partial charge in [-0.25, -0.2) is 14.4 Å². The van der Waals surface area contributed by atoms with Crippen LogP contribution in [-0.2, 0) is 62.5 Å². The molecule has 0 saturated heterocycles. The summed E-state index contributed by atoms with van der Waals surface area (Å²) in [5.74, 6) is -0.0762. The summed E-state index contributed by atoms with van der Waals surface area (Å²) < 4.78 is 69.7. The van der Waals surface area contributed by atoms with Gasteiger partial charge in [-0.2, -0.15) is 0 Å². The standard InChI is InChI=1S/C70H90O20/c1-45(2)66(75)87-41-54(71)37-79-27-31-83-58-21-23-60-51(35-58)17-25-62(85-33-29-81-39-56(73)43-89-68(77)47(5)6)64(60)70(9,53-19-15-50(16-20-53)49-13-11-10-12-14-49)65-61-24-22-59(84-32-28-80-38-55(72)42-88-67(76)46(3)4)36-52(61)18-26-63(65)86-34-30-82-40-57(74)44-90-69(78)48(7)8/h15-26,35-36,46,49,54-57,71-74H,1,5,7,10-14,27-34,37-44H2,2-4,6,8-9H3. The minimum atomic E-state index is -1.14. The molecular formula is C70H90O20. The Morgan fingerprint density at radius 3 is 1.20 bits per heavy atom. The van der Waals surface area contributed by atoms with Crippen molar-refractivity contribution in [2.45, 2.75) is 109 Å². The Labute approximate surface area is 527 Å². The molecule has 1 saturated carbocycles. The summed E-state index contributed by atoms with van der Waals surface area (Å²) in [5.41, 5.74) is 3.16. The van der Waals surface area contributed by atoms with Crippen molar-refractivity contribution in [1.82, 2.24) is 0 Å². The van der Waals surface area contributed by atoms with Gasteiger partial charge in [-0.15, -0.1) is 0 Å². The van der Waals surface area contributed by atoms with E-state index in [2.05, 4.69) is 50.9 Å². The van der Waals surface area contributed by atoms with Gasteiger partial charge in [-0.3, -0.25) is 4.79 Å². The molecule has 5 aromatic rings. The van der Waals surface area contributed by atoms with Crippen LogP contribution in [-0.4, -0.2) is 174 Å². The van der Waals surface area contributed by atoms with Crippen LogP contribution in [0.15, 0.2) is 121 Å². The lowest BCUT2D eigenvalue weighted by molar-refractivity contribution is -0.151. The van der Waals surface area contributed by atoms with Gasteiger partial charge in [0.05, 0.1) is 64.2 Å². The van der Waals surface area contributed by atoms with Crippen molar-refractivity contribution in [1.29, 1.82) is 0 Å². The Morgan fingerprint density at radius 1 is 0.467 bits per heavy atom. The van der Waals surface area contributed by atoms with Gasteiger partial charge in [-0.05, 0) is 116 Å². The fraction of sp³-hybridized carbons (Fsp3) is 0.486. The van der Waals surface area contributed by atoms with E-state index in [0.29, 0.717) is 28.9 Å². The maximum atomic E-state index is 12.0. The third-order valence-corrected chi connectivity index (χ3v) is 14.8. The van der Waals surface area contributed by atoms with Gasteiger partial charge in [0.15, 0.2) is 0 Å². The number of aliphatic hydroxyl groups is 4. The molecule has 0 amide bonds. The van der Waals surface area contributed by atoms with Gasteiger partial charge in [0.2, 0.25) is 0 Å². The summed E-state index contributed by atoms with van der Waals surface area (Å²) in [6.07, 6.45) is 1.45. The normalized spacial score (nSPS) is 14.6. The van der Waals surface area contributed by atoms with Crippen molar-refractivity contribution < 1.29 is 96.4 Å². The smallest absolute Gasteiger partial charge is 0.333 e. The number of rotatable bonds is 40. The molecule has 1 aliphatic carbocycles. The molecule has 5 unspecified atom stereocenters. The van der Waals surface area contributed by atoms with Crippen LogP contribution in [0.1, 0.15) is 102 Å². The van der Waals surface area contributed by atoms with Crippen LogP contribution in [0.4, 0.5) is 0 Å². The summed E-state index contributed by atoms with van der Waals surface area (Å²) in [5, 5.41) is 45.2. The van der Waals surface area contributed by atoms with E-state index in [-0.39, 0.29) is 128 Å².